The molecule has 6 heteroatoms. The summed E-state index contributed by atoms with van der Waals surface area (Å²) in [5, 5.41) is 9.18. The maximum absolute atomic E-state index is 9.18. The number of hydrogen-bond acceptors (Lipinski definition) is 6. The largest absolute Gasteiger partial charge is 0.394 e. The fourth-order valence-corrected chi connectivity index (χ4v) is 2.26. The van der Waals surface area contributed by atoms with Crippen LogP contribution < -0.4 is 10.6 Å². The SMILES string of the molecule is Nc1nc2ccccc2nc1N1CCOC(CO)C1. The number of nitrogen functional groups attached to an aromatic ring is 1. The molecule has 2 aromatic rings. The van der Waals surface area contributed by atoms with E-state index in [-0.39, 0.29) is 12.7 Å². The molecule has 100 valence electrons. The molecule has 3 rings (SSSR count). The quantitative estimate of drug-likeness (QED) is 0.813. The van der Waals surface area contributed by atoms with Crippen molar-refractivity contribution < 1.29 is 9.84 Å². The fraction of sp³-hybridized carbons (Fsp3) is 0.385. The summed E-state index contributed by atoms with van der Waals surface area (Å²) >= 11 is 0. The van der Waals surface area contributed by atoms with Crippen molar-refractivity contribution in [1.29, 1.82) is 0 Å². The molecule has 1 aliphatic rings. The number of fused-ring (bicyclic) bond motifs is 1. The molecule has 0 aliphatic carbocycles. The Balaban J connectivity index is 1.97. The summed E-state index contributed by atoms with van der Waals surface area (Å²) < 4.78 is 5.43. The van der Waals surface area contributed by atoms with Gasteiger partial charge in [0.1, 0.15) is 0 Å². The van der Waals surface area contributed by atoms with E-state index in [0.29, 0.717) is 31.3 Å². The van der Waals surface area contributed by atoms with Gasteiger partial charge in [-0.1, -0.05) is 12.1 Å². The molecule has 0 bridgehead atoms. The maximum Gasteiger partial charge on any atom is 0.172 e. The van der Waals surface area contributed by atoms with Crippen molar-refractivity contribution in [3.05, 3.63) is 24.3 Å². The Morgan fingerprint density at radius 3 is 2.79 bits per heavy atom. The molecule has 6 nitrogen and oxygen atoms in total. The predicted octanol–water partition coefficient (Wildman–Crippen LogP) is 0.409. The van der Waals surface area contributed by atoms with E-state index in [2.05, 4.69) is 9.97 Å². The zero-order chi connectivity index (χ0) is 13.2. The third-order valence-electron chi connectivity index (χ3n) is 3.22. The third kappa shape index (κ3) is 2.32. The van der Waals surface area contributed by atoms with E-state index in [9.17, 15) is 5.11 Å². The second-order valence-electron chi connectivity index (χ2n) is 4.54. The van der Waals surface area contributed by atoms with Crippen LogP contribution in [0, 0.1) is 0 Å². The van der Waals surface area contributed by atoms with Gasteiger partial charge in [0.05, 0.1) is 30.4 Å². The molecular weight excluding hydrogens is 244 g/mol. The summed E-state index contributed by atoms with van der Waals surface area (Å²) in [6.45, 7) is 1.83. The standard InChI is InChI=1S/C13H16N4O2/c14-12-13(17-5-6-19-9(7-17)8-18)16-11-4-2-1-3-10(11)15-12/h1-4,9,18H,5-8H2,(H2,14,15). The van der Waals surface area contributed by atoms with Crippen molar-refractivity contribution in [3.63, 3.8) is 0 Å². The van der Waals surface area contributed by atoms with Crippen LogP contribution in [0.5, 0.6) is 0 Å². The van der Waals surface area contributed by atoms with E-state index in [1.807, 2.05) is 29.2 Å². The van der Waals surface area contributed by atoms with Crippen LogP contribution in [0.4, 0.5) is 11.6 Å². The highest BCUT2D eigenvalue weighted by atomic mass is 16.5. The predicted molar refractivity (Wildman–Crippen MR) is 73.0 cm³/mol. The van der Waals surface area contributed by atoms with Crippen LogP contribution in [0.25, 0.3) is 11.0 Å². The maximum atomic E-state index is 9.18. The fourth-order valence-electron chi connectivity index (χ4n) is 2.26. The number of rotatable bonds is 2. The molecule has 1 fully saturated rings. The van der Waals surface area contributed by atoms with Crippen LogP contribution in [0.3, 0.4) is 0 Å². The number of morpholine rings is 1. The normalized spacial score (nSPS) is 19.8. The minimum absolute atomic E-state index is 0.00256. The van der Waals surface area contributed by atoms with Gasteiger partial charge in [-0.25, -0.2) is 9.97 Å². The highest BCUT2D eigenvalue weighted by Crippen LogP contribution is 2.23. The zero-order valence-electron chi connectivity index (χ0n) is 10.5. The topological polar surface area (TPSA) is 84.5 Å². The number of aromatic nitrogens is 2. The second-order valence-corrected chi connectivity index (χ2v) is 4.54. The Bertz CT molecular complexity index is 590. The van der Waals surface area contributed by atoms with Crippen molar-refractivity contribution in [2.75, 3.05) is 36.9 Å². The summed E-state index contributed by atoms with van der Waals surface area (Å²) in [7, 11) is 0. The van der Waals surface area contributed by atoms with Crippen molar-refractivity contribution >= 4 is 22.7 Å². The molecule has 0 amide bonds. The average Bonchev–Trinajstić information content (AvgIpc) is 2.46. The molecule has 1 aromatic heterocycles. The number of ether oxygens (including phenoxy) is 1. The summed E-state index contributed by atoms with van der Waals surface area (Å²) in [5.41, 5.74) is 7.59. The van der Waals surface area contributed by atoms with Gasteiger partial charge >= 0.3 is 0 Å². The van der Waals surface area contributed by atoms with Crippen molar-refractivity contribution in [3.8, 4) is 0 Å². The van der Waals surface area contributed by atoms with Crippen LogP contribution in [0.1, 0.15) is 0 Å². The Morgan fingerprint density at radius 2 is 2.05 bits per heavy atom. The molecular formula is C13H16N4O2. The molecule has 1 saturated heterocycles. The first-order valence-corrected chi connectivity index (χ1v) is 6.27. The van der Waals surface area contributed by atoms with Crippen LogP contribution >= 0.6 is 0 Å². The van der Waals surface area contributed by atoms with E-state index >= 15 is 0 Å². The molecule has 0 radical (unpaired) electrons. The molecule has 0 spiro atoms. The van der Waals surface area contributed by atoms with Crippen LogP contribution in [0.15, 0.2) is 24.3 Å². The highest BCUT2D eigenvalue weighted by Gasteiger charge is 2.23. The first kappa shape index (κ1) is 12.1. The van der Waals surface area contributed by atoms with Gasteiger partial charge < -0.3 is 20.5 Å². The number of nitrogens with two attached hydrogens (primary N) is 1. The lowest BCUT2D eigenvalue weighted by atomic mass is 10.2. The first-order valence-electron chi connectivity index (χ1n) is 6.27. The van der Waals surface area contributed by atoms with Gasteiger partial charge in [-0.05, 0) is 12.1 Å². The Labute approximate surface area is 110 Å². The van der Waals surface area contributed by atoms with Gasteiger partial charge in [0.15, 0.2) is 11.6 Å². The molecule has 1 aromatic carbocycles. The molecule has 19 heavy (non-hydrogen) atoms. The highest BCUT2D eigenvalue weighted by molar-refractivity contribution is 5.79. The van der Waals surface area contributed by atoms with Gasteiger partial charge in [0.2, 0.25) is 0 Å². The molecule has 1 atom stereocenters. The van der Waals surface area contributed by atoms with E-state index < -0.39 is 0 Å². The Hall–Kier alpha value is -1.92. The summed E-state index contributed by atoms with van der Waals surface area (Å²) in [5.74, 6) is 1.08. The second kappa shape index (κ2) is 4.99. The van der Waals surface area contributed by atoms with Gasteiger partial charge in [-0.15, -0.1) is 0 Å². The van der Waals surface area contributed by atoms with Gasteiger partial charge in [0, 0.05) is 13.1 Å². The van der Waals surface area contributed by atoms with Gasteiger partial charge in [-0.2, -0.15) is 0 Å². The molecule has 2 heterocycles. The first-order chi connectivity index (χ1) is 9.28. The van der Waals surface area contributed by atoms with Crippen LogP contribution in [-0.4, -0.2) is 47.5 Å². The third-order valence-corrected chi connectivity index (χ3v) is 3.22. The van der Waals surface area contributed by atoms with Gasteiger partial charge in [0.25, 0.3) is 0 Å². The lowest BCUT2D eigenvalue weighted by Gasteiger charge is -2.33. The average molecular weight is 260 g/mol. The minimum Gasteiger partial charge on any atom is -0.394 e. The number of aliphatic hydroxyl groups excluding tert-OH is 1. The van der Waals surface area contributed by atoms with Crippen molar-refractivity contribution in [1.82, 2.24) is 9.97 Å². The molecule has 1 unspecified atom stereocenters. The molecule has 1 aliphatic heterocycles. The minimum atomic E-state index is -0.193. The smallest absolute Gasteiger partial charge is 0.172 e. The summed E-state index contributed by atoms with van der Waals surface area (Å²) in [4.78, 5) is 11.0. The lowest BCUT2D eigenvalue weighted by molar-refractivity contribution is 0.00340. The number of hydrogen-bond donors (Lipinski definition) is 2. The number of anilines is 2. The Morgan fingerprint density at radius 1 is 1.32 bits per heavy atom. The monoisotopic (exact) mass is 260 g/mol. The van der Waals surface area contributed by atoms with Crippen molar-refractivity contribution in [2.45, 2.75) is 6.10 Å². The summed E-state index contributed by atoms with van der Waals surface area (Å²) in [6, 6.07) is 7.63. The zero-order valence-corrected chi connectivity index (χ0v) is 10.5. The van der Waals surface area contributed by atoms with E-state index in [1.54, 1.807) is 0 Å². The van der Waals surface area contributed by atoms with E-state index in [1.165, 1.54) is 0 Å². The number of benzene rings is 1. The van der Waals surface area contributed by atoms with Crippen LogP contribution in [0.2, 0.25) is 0 Å². The number of aliphatic hydroxyl groups is 1. The van der Waals surface area contributed by atoms with Gasteiger partial charge in [-0.3, -0.25) is 0 Å². The van der Waals surface area contributed by atoms with E-state index in [0.717, 1.165) is 11.0 Å². The van der Waals surface area contributed by atoms with Crippen LogP contribution in [-0.2, 0) is 4.74 Å². The number of para-hydroxylation sites is 2. The number of nitrogens with zero attached hydrogens (tertiary/aromatic N) is 3. The lowest BCUT2D eigenvalue weighted by Crippen LogP contribution is -2.44. The van der Waals surface area contributed by atoms with Crippen molar-refractivity contribution in [2.24, 2.45) is 0 Å². The van der Waals surface area contributed by atoms with E-state index in [4.69, 9.17) is 10.5 Å². The molecule has 3 N–H and O–H groups in total. The molecule has 0 saturated carbocycles. The summed E-state index contributed by atoms with van der Waals surface area (Å²) in [6.07, 6.45) is -0.193. The Kier molecular flexibility index (Phi) is 3.18.